The number of rotatable bonds is 6. The van der Waals surface area contributed by atoms with Gasteiger partial charge in [0.25, 0.3) is 0 Å². The number of sulfonamides is 1. The largest absolute Gasteiger partial charge is 0.385 e. The lowest BCUT2D eigenvalue weighted by Gasteiger charge is -2.08. The molecule has 0 saturated heterocycles. The van der Waals surface area contributed by atoms with Crippen LogP contribution in [0.5, 0.6) is 0 Å². The van der Waals surface area contributed by atoms with Gasteiger partial charge in [0.1, 0.15) is 0 Å². The lowest BCUT2D eigenvalue weighted by atomic mass is 10.1. The Morgan fingerprint density at radius 3 is 2.33 bits per heavy atom. The highest BCUT2D eigenvalue weighted by molar-refractivity contribution is 7.92. The molecule has 2 aromatic carbocycles. The first-order valence-corrected chi connectivity index (χ1v) is 8.75. The summed E-state index contributed by atoms with van der Waals surface area (Å²) in [5.74, 6) is 0. The van der Waals surface area contributed by atoms with E-state index in [9.17, 15) is 8.42 Å². The van der Waals surface area contributed by atoms with Gasteiger partial charge in [-0.05, 0) is 48.4 Å². The highest BCUT2D eigenvalue weighted by atomic mass is 35.5. The Balaban J connectivity index is 1.86. The van der Waals surface area contributed by atoms with E-state index >= 15 is 0 Å². The van der Waals surface area contributed by atoms with E-state index in [4.69, 9.17) is 11.6 Å². The van der Waals surface area contributed by atoms with Gasteiger partial charge in [-0.15, -0.1) is 0 Å². The maximum absolute atomic E-state index is 11.1. The van der Waals surface area contributed by atoms with Crippen LogP contribution in [-0.4, -0.2) is 21.2 Å². The van der Waals surface area contributed by atoms with Crippen molar-refractivity contribution in [3.8, 4) is 0 Å². The normalized spacial score (nSPS) is 11.1. The van der Waals surface area contributed by atoms with Gasteiger partial charge >= 0.3 is 0 Å². The number of hydrogen-bond donors (Lipinski definition) is 2. The molecule has 0 saturated carbocycles. The summed E-state index contributed by atoms with van der Waals surface area (Å²) in [4.78, 5) is 0. The van der Waals surface area contributed by atoms with Crippen molar-refractivity contribution < 1.29 is 8.42 Å². The summed E-state index contributed by atoms with van der Waals surface area (Å²) >= 11 is 5.93. The fourth-order valence-electron chi connectivity index (χ4n) is 1.91. The molecule has 0 bridgehead atoms. The van der Waals surface area contributed by atoms with Crippen molar-refractivity contribution >= 4 is 33.0 Å². The second-order valence-electron chi connectivity index (χ2n) is 4.76. The standard InChI is InChI=1S/C15H17ClN2O2S/c1-21(19,20)18-15-7-5-14(6-8-15)17-10-9-12-3-2-4-13(16)11-12/h2-8,11,17-18H,9-10H2,1H3. The molecular formula is C15H17ClN2O2S. The quantitative estimate of drug-likeness (QED) is 0.856. The van der Waals surface area contributed by atoms with Crippen LogP contribution in [0.4, 0.5) is 11.4 Å². The predicted octanol–water partition coefficient (Wildman–Crippen LogP) is 3.37. The molecule has 0 aromatic heterocycles. The number of halogens is 1. The Labute approximate surface area is 130 Å². The number of anilines is 2. The molecule has 0 fully saturated rings. The summed E-state index contributed by atoms with van der Waals surface area (Å²) in [7, 11) is -3.23. The molecule has 4 nitrogen and oxygen atoms in total. The monoisotopic (exact) mass is 324 g/mol. The van der Waals surface area contributed by atoms with Crippen LogP contribution >= 0.6 is 11.6 Å². The van der Waals surface area contributed by atoms with Gasteiger partial charge in [0.2, 0.25) is 10.0 Å². The van der Waals surface area contributed by atoms with E-state index < -0.39 is 10.0 Å². The third-order valence-corrected chi connectivity index (χ3v) is 3.66. The zero-order chi connectivity index (χ0) is 15.3. The lowest BCUT2D eigenvalue weighted by molar-refractivity contribution is 0.607. The second kappa shape index (κ2) is 6.83. The van der Waals surface area contributed by atoms with Crippen LogP contribution in [0.1, 0.15) is 5.56 Å². The van der Waals surface area contributed by atoms with Crippen LogP contribution < -0.4 is 10.0 Å². The molecule has 112 valence electrons. The summed E-state index contributed by atoms with van der Waals surface area (Å²) in [6, 6.07) is 14.9. The number of hydrogen-bond acceptors (Lipinski definition) is 3. The molecular weight excluding hydrogens is 308 g/mol. The maximum Gasteiger partial charge on any atom is 0.229 e. The van der Waals surface area contributed by atoms with E-state index in [2.05, 4.69) is 10.0 Å². The minimum atomic E-state index is -3.23. The average Bonchev–Trinajstić information content (AvgIpc) is 2.39. The molecule has 0 atom stereocenters. The number of nitrogens with one attached hydrogen (secondary N) is 2. The van der Waals surface area contributed by atoms with Crippen LogP contribution in [-0.2, 0) is 16.4 Å². The average molecular weight is 325 g/mol. The third-order valence-electron chi connectivity index (χ3n) is 2.82. The van der Waals surface area contributed by atoms with Crippen molar-refractivity contribution in [1.29, 1.82) is 0 Å². The first-order chi connectivity index (χ1) is 9.92. The van der Waals surface area contributed by atoms with Crippen molar-refractivity contribution in [3.05, 3.63) is 59.1 Å². The molecule has 0 radical (unpaired) electrons. The van der Waals surface area contributed by atoms with Gasteiger partial charge in [0.05, 0.1) is 6.26 Å². The van der Waals surface area contributed by atoms with Crippen LogP contribution in [0.3, 0.4) is 0 Å². The van der Waals surface area contributed by atoms with E-state index in [1.165, 1.54) is 5.56 Å². The topological polar surface area (TPSA) is 58.2 Å². The van der Waals surface area contributed by atoms with E-state index in [1.54, 1.807) is 12.1 Å². The predicted molar refractivity (Wildman–Crippen MR) is 88.6 cm³/mol. The molecule has 2 aromatic rings. The van der Waals surface area contributed by atoms with Gasteiger partial charge < -0.3 is 5.32 Å². The van der Waals surface area contributed by atoms with E-state index in [0.29, 0.717) is 5.69 Å². The summed E-state index contributed by atoms with van der Waals surface area (Å²) in [5, 5.41) is 4.02. The molecule has 0 aliphatic carbocycles. The molecule has 0 unspecified atom stereocenters. The van der Waals surface area contributed by atoms with Crippen LogP contribution in [0.25, 0.3) is 0 Å². The summed E-state index contributed by atoms with van der Waals surface area (Å²) < 4.78 is 24.6. The minimum Gasteiger partial charge on any atom is -0.385 e. The molecule has 0 aliphatic rings. The summed E-state index contributed by atoms with van der Waals surface area (Å²) in [6.45, 7) is 0.777. The van der Waals surface area contributed by atoms with Gasteiger partial charge in [-0.1, -0.05) is 23.7 Å². The SMILES string of the molecule is CS(=O)(=O)Nc1ccc(NCCc2cccc(Cl)c2)cc1. The third kappa shape index (κ3) is 5.65. The molecule has 0 amide bonds. The van der Waals surface area contributed by atoms with Crippen LogP contribution in [0.15, 0.2) is 48.5 Å². The summed E-state index contributed by atoms with van der Waals surface area (Å²) in [6.07, 6.45) is 1.99. The van der Waals surface area contributed by atoms with Gasteiger partial charge in [0.15, 0.2) is 0 Å². The smallest absolute Gasteiger partial charge is 0.229 e. The van der Waals surface area contributed by atoms with Crippen LogP contribution in [0.2, 0.25) is 5.02 Å². The fraction of sp³-hybridized carbons (Fsp3) is 0.200. The Hall–Kier alpha value is -1.72. The van der Waals surface area contributed by atoms with E-state index in [0.717, 1.165) is 29.9 Å². The van der Waals surface area contributed by atoms with Crippen molar-refractivity contribution in [2.75, 3.05) is 22.8 Å². The summed E-state index contributed by atoms with van der Waals surface area (Å²) in [5.41, 5.74) is 2.67. The first-order valence-electron chi connectivity index (χ1n) is 6.48. The second-order valence-corrected chi connectivity index (χ2v) is 6.94. The van der Waals surface area contributed by atoms with Gasteiger partial charge in [0, 0.05) is 22.9 Å². The molecule has 0 heterocycles. The van der Waals surface area contributed by atoms with Gasteiger partial charge in [-0.25, -0.2) is 8.42 Å². The Kier molecular flexibility index (Phi) is 5.09. The molecule has 21 heavy (non-hydrogen) atoms. The van der Waals surface area contributed by atoms with Crippen molar-refractivity contribution in [2.24, 2.45) is 0 Å². The fourth-order valence-corrected chi connectivity index (χ4v) is 2.69. The zero-order valence-corrected chi connectivity index (χ0v) is 13.2. The Bertz CT molecular complexity index is 700. The zero-order valence-electron chi connectivity index (χ0n) is 11.6. The van der Waals surface area contributed by atoms with Crippen LogP contribution in [0, 0.1) is 0 Å². The highest BCUT2D eigenvalue weighted by Crippen LogP contribution is 2.15. The molecule has 0 aliphatic heterocycles. The molecule has 2 N–H and O–H groups in total. The maximum atomic E-state index is 11.1. The van der Waals surface area contributed by atoms with E-state index in [1.807, 2.05) is 36.4 Å². The number of benzene rings is 2. The van der Waals surface area contributed by atoms with E-state index in [-0.39, 0.29) is 0 Å². The Morgan fingerprint density at radius 2 is 1.71 bits per heavy atom. The lowest BCUT2D eigenvalue weighted by Crippen LogP contribution is -2.09. The molecule has 0 spiro atoms. The highest BCUT2D eigenvalue weighted by Gasteiger charge is 2.01. The molecule has 2 rings (SSSR count). The minimum absolute atomic E-state index is 0.554. The van der Waals surface area contributed by atoms with Crippen molar-refractivity contribution in [1.82, 2.24) is 0 Å². The van der Waals surface area contributed by atoms with Gasteiger partial charge in [-0.2, -0.15) is 0 Å². The van der Waals surface area contributed by atoms with Crippen molar-refractivity contribution in [3.63, 3.8) is 0 Å². The molecule has 6 heteroatoms. The first kappa shape index (κ1) is 15.7. The van der Waals surface area contributed by atoms with Crippen molar-refractivity contribution in [2.45, 2.75) is 6.42 Å². The van der Waals surface area contributed by atoms with Gasteiger partial charge in [-0.3, -0.25) is 4.72 Å². The Morgan fingerprint density at radius 1 is 1.05 bits per heavy atom.